The van der Waals surface area contributed by atoms with Gasteiger partial charge in [0.2, 0.25) is 0 Å². The SMILES string of the molecule is CC1CC(C)(C)CC2(C1)NC(=O)N(CC(O)c1ccc(OC(F)(F)F)cc1)C2=O. The number of urea groups is 1. The molecule has 1 spiro atoms. The summed E-state index contributed by atoms with van der Waals surface area (Å²) in [5.41, 5.74) is -0.801. The third-order valence-electron chi connectivity index (χ3n) is 5.48. The highest BCUT2D eigenvalue weighted by molar-refractivity contribution is 6.07. The molecule has 6 nitrogen and oxygen atoms in total. The molecule has 160 valence electrons. The predicted octanol–water partition coefficient (Wildman–Crippen LogP) is 3.76. The van der Waals surface area contributed by atoms with E-state index in [0.717, 1.165) is 23.5 Å². The van der Waals surface area contributed by atoms with Crippen LogP contribution < -0.4 is 10.1 Å². The van der Waals surface area contributed by atoms with Crippen molar-refractivity contribution in [3.63, 3.8) is 0 Å². The molecule has 1 aromatic rings. The van der Waals surface area contributed by atoms with E-state index in [1.165, 1.54) is 12.1 Å². The lowest BCUT2D eigenvalue weighted by molar-refractivity contribution is -0.274. The number of aliphatic hydroxyl groups is 1. The van der Waals surface area contributed by atoms with Gasteiger partial charge < -0.3 is 15.2 Å². The number of ether oxygens (including phenoxy) is 1. The van der Waals surface area contributed by atoms with Crippen LogP contribution in [0.25, 0.3) is 0 Å². The summed E-state index contributed by atoms with van der Waals surface area (Å²) < 4.78 is 40.6. The lowest BCUT2D eigenvalue weighted by Crippen LogP contribution is -2.54. The number of alkyl halides is 3. The van der Waals surface area contributed by atoms with Crippen molar-refractivity contribution in [3.05, 3.63) is 29.8 Å². The third kappa shape index (κ3) is 4.66. The average Bonchev–Trinajstić information content (AvgIpc) is 2.75. The second kappa shape index (κ2) is 7.19. The number of imide groups is 1. The molecule has 1 saturated carbocycles. The van der Waals surface area contributed by atoms with E-state index < -0.39 is 29.8 Å². The second-order valence-electron chi connectivity index (χ2n) is 8.92. The van der Waals surface area contributed by atoms with Crippen molar-refractivity contribution in [2.75, 3.05) is 6.54 Å². The Morgan fingerprint density at radius 2 is 1.86 bits per heavy atom. The van der Waals surface area contributed by atoms with Gasteiger partial charge in [-0.2, -0.15) is 0 Å². The number of carbonyl (C=O) groups excluding carboxylic acids is 2. The van der Waals surface area contributed by atoms with Crippen molar-refractivity contribution in [1.82, 2.24) is 10.2 Å². The van der Waals surface area contributed by atoms with E-state index in [0.29, 0.717) is 12.8 Å². The maximum absolute atomic E-state index is 13.1. The van der Waals surface area contributed by atoms with Gasteiger partial charge in [0, 0.05) is 0 Å². The van der Waals surface area contributed by atoms with Gasteiger partial charge in [0.15, 0.2) is 0 Å². The number of aliphatic hydroxyl groups excluding tert-OH is 1. The minimum Gasteiger partial charge on any atom is -0.406 e. The van der Waals surface area contributed by atoms with Crippen LogP contribution in [-0.2, 0) is 4.79 Å². The predicted molar refractivity (Wildman–Crippen MR) is 97.9 cm³/mol. The van der Waals surface area contributed by atoms with E-state index in [1.54, 1.807) is 0 Å². The van der Waals surface area contributed by atoms with Gasteiger partial charge in [-0.15, -0.1) is 13.2 Å². The summed E-state index contributed by atoms with van der Waals surface area (Å²) in [6.07, 6.45) is -4.03. The molecule has 0 bridgehead atoms. The van der Waals surface area contributed by atoms with Crippen LogP contribution in [0.3, 0.4) is 0 Å². The molecule has 3 atom stereocenters. The van der Waals surface area contributed by atoms with Gasteiger partial charge in [-0.05, 0) is 48.3 Å². The molecular weight excluding hydrogens is 389 g/mol. The van der Waals surface area contributed by atoms with E-state index in [-0.39, 0.29) is 29.3 Å². The minimum absolute atomic E-state index is 0.108. The number of nitrogens with one attached hydrogen (secondary N) is 1. The molecule has 29 heavy (non-hydrogen) atoms. The number of carbonyl (C=O) groups is 2. The molecule has 3 unspecified atom stereocenters. The number of rotatable bonds is 4. The molecule has 0 aromatic heterocycles. The highest BCUT2D eigenvalue weighted by Crippen LogP contribution is 2.46. The Labute approximate surface area is 167 Å². The van der Waals surface area contributed by atoms with Crippen LogP contribution in [0, 0.1) is 11.3 Å². The van der Waals surface area contributed by atoms with Crippen molar-refractivity contribution in [2.24, 2.45) is 11.3 Å². The van der Waals surface area contributed by atoms with Crippen molar-refractivity contribution in [1.29, 1.82) is 0 Å². The van der Waals surface area contributed by atoms with Crippen LogP contribution in [0.1, 0.15) is 51.7 Å². The van der Waals surface area contributed by atoms with E-state index in [9.17, 15) is 27.9 Å². The molecule has 1 aliphatic heterocycles. The summed E-state index contributed by atoms with van der Waals surface area (Å²) in [6, 6.07) is 4.13. The molecule has 3 amide bonds. The van der Waals surface area contributed by atoms with Crippen molar-refractivity contribution in [2.45, 2.75) is 58.0 Å². The lowest BCUT2D eigenvalue weighted by atomic mass is 9.64. The summed E-state index contributed by atoms with van der Waals surface area (Å²) in [5.74, 6) is -0.520. The van der Waals surface area contributed by atoms with Gasteiger partial charge in [0.25, 0.3) is 5.91 Å². The standard InChI is InChI=1S/C20H25F3N2O4/c1-12-8-18(2,3)11-19(9-12)16(27)25(17(28)24-19)10-15(26)13-4-6-14(7-5-13)29-20(21,22)23/h4-7,12,15,26H,8-11H2,1-3H3,(H,24,28). The first-order valence-electron chi connectivity index (χ1n) is 9.48. The average molecular weight is 414 g/mol. The molecule has 1 aliphatic carbocycles. The number of halogens is 3. The fourth-order valence-corrected chi connectivity index (χ4v) is 4.84. The highest BCUT2D eigenvalue weighted by Gasteiger charge is 2.56. The van der Waals surface area contributed by atoms with E-state index >= 15 is 0 Å². The first-order valence-corrected chi connectivity index (χ1v) is 9.48. The third-order valence-corrected chi connectivity index (χ3v) is 5.48. The van der Waals surface area contributed by atoms with E-state index in [4.69, 9.17) is 0 Å². The smallest absolute Gasteiger partial charge is 0.406 e. The van der Waals surface area contributed by atoms with Crippen LogP contribution in [0.2, 0.25) is 0 Å². The first-order chi connectivity index (χ1) is 13.3. The Balaban J connectivity index is 1.71. The number of nitrogens with zero attached hydrogens (tertiary/aromatic N) is 1. The fourth-order valence-electron chi connectivity index (χ4n) is 4.84. The summed E-state index contributed by atoms with van der Waals surface area (Å²) in [6.45, 7) is 5.89. The van der Waals surface area contributed by atoms with Crippen molar-refractivity contribution < 1.29 is 32.6 Å². The summed E-state index contributed by atoms with van der Waals surface area (Å²) in [5, 5.41) is 13.3. The first kappa shape index (κ1) is 21.4. The zero-order valence-electron chi connectivity index (χ0n) is 16.5. The molecule has 1 aromatic carbocycles. The van der Waals surface area contributed by atoms with Gasteiger partial charge in [-0.25, -0.2) is 4.79 Å². The second-order valence-corrected chi connectivity index (χ2v) is 8.92. The number of hydrogen-bond acceptors (Lipinski definition) is 4. The zero-order chi connectivity index (χ0) is 21.6. The quantitative estimate of drug-likeness (QED) is 0.736. The number of amides is 3. The molecule has 9 heteroatoms. The Kier molecular flexibility index (Phi) is 5.31. The van der Waals surface area contributed by atoms with Crippen LogP contribution in [0.15, 0.2) is 24.3 Å². The Morgan fingerprint density at radius 3 is 2.41 bits per heavy atom. The van der Waals surface area contributed by atoms with Gasteiger partial charge in [-0.1, -0.05) is 32.9 Å². The Hall–Kier alpha value is -2.29. The van der Waals surface area contributed by atoms with Crippen LogP contribution in [-0.4, -0.2) is 40.4 Å². The molecule has 1 heterocycles. The monoisotopic (exact) mass is 414 g/mol. The molecule has 1 saturated heterocycles. The van der Waals surface area contributed by atoms with E-state index in [1.807, 2.05) is 6.92 Å². The minimum atomic E-state index is -4.81. The lowest BCUT2D eigenvalue weighted by Gasteiger charge is -2.43. The maximum atomic E-state index is 13.1. The molecule has 3 rings (SSSR count). The van der Waals surface area contributed by atoms with Gasteiger partial charge in [-0.3, -0.25) is 9.69 Å². The zero-order valence-corrected chi connectivity index (χ0v) is 16.5. The Bertz CT molecular complexity index is 794. The van der Waals surface area contributed by atoms with Gasteiger partial charge in [0.1, 0.15) is 11.3 Å². The molecule has 2 fully saturated rings. The number of hydrogen-bond donors (Lipinski definition) is 2. The molecular formula is C20H25F3N2O4. The van der Waals surface area contributed by atoms with E-state index in [2.05, 4.69) is 23.9 Å². The largest absolute Gasteiger partial charge is 0.573 e. The number of benzene rings is 1. The summed E-state index contributed by atoms with van der Waals surface area (Å²) >= 11 is 0. The molecule has 2 N–H and O–H groups in total. The summed E-state index contributed by atoms with van der Waals surface area (Å²) in [4.78, 5) is 26.6. The summed E-state index contributed by atoms with van der Waals surface area (Å²) in [7, 11) is 0. The molecule has 0 radical (unpaired) electrons. The van der Waals surface area contributed by atoms with Crippen LogP contribution in [0.5, 0.6) is 5.75 Å². The maximum Gasteiger partial charge on any atom is 0.573 e. The van der Waals surface area contributed by atoms with Gasteiger partial charge in [0.05, 0.1) is 12.6 Å². The number of β-amino-alcohol motifs (C(OH)–C–C–N with tert-alkyl or cyclic N) is 1. The van der Waals surface area contributed by atoms with Crippen LogP contribution in [0.4, 0.5) is 18.0 Å². The van der Waals surface area contributed by atoms with Gasteiger partial charge >= 0.3 is 12.4 Å². The van der Waals surface area contributed by atoms with Crippen molar-refractivity contribution >= 4 is 11.9 Å². The Morgan fingerprint density at radius 1 is 1.24 bits per heavy atom. The van der Waals surface area contributed by atoms with Crippen molar-refractivity contribution in [3.8, 4) is 5.75 Å². The normalized spacial score (nSPS) is 27.8. The highest BCUT2D eigenvalue weighted by atomic mass is 19.4. The molecule has 2 aliphatic rings. The topological polar surface area (TPSA) is 78.9 Å². The fraction of sp³-hybridized carbons (Fsp3) is 0.600. The van der Waals surface area contributed by atoms with Crippen LogP contribution >= 0.6 is 0 Å².